The minimum absolute atomic E-state index is 0.0130. The summed E-state index contributed by atoms with van der Waals surface area (Å²) in [4.78, 5) is 18.3. The smallest absolute Gasteiger partial charge is 0.354 e. The highest BCUT2D eigenvalue weighted by atomic mass is 35.5. The molecule has 0 saturated heterocycles. The molecule has 0 aliphatic heterocycles. The molecule has 1 aromatic carbocycles. The van der Waals surface area contributed by atoms with Gasteiger partial charge >= 0.3 is 5.97 Å². The molecule has 0 aliphatic rings. The van der Waals surface area contributed by atoms with E-state index in [4.69, 9.17) is 16.7 Å². The average Bonchev–Trinajstić information content (AvgIpc) is 2.29. The minimum Gasteiger partial charge on any atom is -0.477 e. The zero-order valence-electron chi connectivity index (χ0n) is 8.39. The minimum atomic E-state index is -1.19. The number of carbonyl (C=O) groups is 1. The predicted molar refractivity (Wildman–Crippen MR) is 59.4 cm³/mol. The van der Waals surface area contributed by atoms with Crippen LogP contribution in [0.25, 0.3) is 11.4 Å². The van der Waals surface area contributed by atoms with Gasteiger partial charge in [0.15, 0.2) is 11.5 Å². The Balaban J connectivity index is 2.53. The van der Waals surface area contributed by atoms with Crippen molar-refractivity contribution in [3.05, 3.63) is 47.0 Å². The number of carboxylic acid groups (broad SMARTS) is 1. The molecule has 2 rings (SSSR count). The van der Waals surface area contributed by atoms with E-state index in [1.54, 1.807) is 0 Å². The topological polar surface area (TPSA) is 63.1 Å². The molecule has 1 N–H and O–H groups in total. The Morgan fingerprint density at radius 1 is 1.35 bits per heavy atom. The normalized spacial score (nSPS) is 10.2. The van der Waals surface area contributed by atoms with Gasteiger partial charge < -0.3 is 5.11 Å². The van der Waals surface area contributed by atoms with Gasteiger partial charge in [-0.25, -0.2) is 19.2 Å². The zero-order chi connectivity index (χ0) is 12.4. The molecule has 2 aromatic rings. The van der Waals surface area contributed by atoms with E-state index in [9.17, 15) is 9.18 Å². The van der Waals surface area contributed by atoms with E-state index >= 15 is 0 Å². The molecule has 0 spiro atoms. The van der Waals surface area contributed by atoms with Crippen LogP contribution in [0.4, 0.5) is 4.39 Å². The van der Waals surface area contributed by atoms with Gasteiger partial charge in [0.2, 0.25) is 0 Å². The van der Waals surface area contributed by atoms with Crippen molar-refractivity contribution in [3.63, 3.8) is 0 Å². The summed E-state index contributed by atoms with van der Waals surface area (Å²) < 4.78 is 13.6. The van der Waals surface area contributed by atoms with Crippen molar-refractivity contribution in [2.75, 3.05) is 0 Å². The van der Waals surface area contributed by atoms with Crippen LogP contribution in [0.5, 0.6) is 0 Å². The van der Waals surface area contributed by atoms with Crippen molar-refractivity contribution >= 4 is 17.6 Å². The zero-order valence-corrected chi connectivity index (χ0v) is 9.15. The van der Waals surface area contributed by atoms with E-state index in [-0.39, 0.29) is 22.1 Å². The largest absolute Gasteiger partial charge is 0.477 e. The molecule has 0 fully saturated rings. The van der Waals surface area contributed by atoms with Crippen LogP contribution in [0.1, 0.15) is 10.5 Å². The van der Waals surface area contributed by atoms with Crippen molar-refractivity contribution in [1.82, 2.24) is 9.97 Å². The second-order valence-electron chi connectivity index (χ2n) is 3.19. The predicted octanol–water partition coefficient (Wildman–Crippen LogP) is 2.63. The van der Waals surface area contributed by atoms with Crippen molar-refractivity contribution < 1.29 is 14.3 Å². The first kappa shape index (κ1) is 11.5. The molecule has 17 heavy (non-hydrogen) atoms. The fraction of sp³-hybridized carbons (Fsp3) is 0. The Labute approximate surface area is 101 Å². The number of nitrogens with zero attached hydrogens (tertiary/aromatic N) is 2. The molecule has 0 saturated carbocycles. The molecular formula is C11H6ClFN2O2. The van der Waals surface area contributed by atoms with Gasteiger partial charge in [-0.3, -0.25) is 0 Å². The number of carboxylic acids is 1. The monoisotopic (exact) mass is 252 g/mol. The van der Waals surface area contributed by atoms with Crippen LogP contribution in [0, 0.1) is 5.82 Å². The maximum absolute atomic E-state index is 13.6. The van der Waals surface area contributed by atoms with E-state index in [0.717, 1.165) is 6.07 Å². The standard InChI is InChI=1S/C11H6ClFN2O2/c12-6-1-2-7(8(13)5-6)10-14-4-3-9(15-10)11(16)17/h1-5H,(H,16,17). The lowest BCUT2D eigenvalue weighted by Gasteiger charge is -2.02. The summed E-state index contributed by atoms with van der Waals surface area (Å²) in [6, 6.07) is 5.24. The number of halogens is 2. The van der Waals surface area contributed by atoms with Crippen LogP contribution in [-0.2, 0) is 0 Å². The third-order valence-electron chi connectivity index (χ3n) is 2.05. The SMILES string of the molecule is O=C(O)c1ccnc(-c2ccc(Cl)cc2F)n1. The molecule has 6 heteroatoms. The van der Waals surface area contributed by atoms with Gasteiger partial charge in [-0.2, -0.15) is 0 Å². The molecule has 0 bridgehead atoms. The molecule has 0 amide bonds. The number of aromatic carboxylic acids is 1. The van der Waals surface area contributed by atoms with Crippen molar-refractivity contribution in [3.8, 4) is 11.4 Å². The highest BCUT2D eigenvalue weighted by Crippen LogP contribution is 2.22. The number of aromatic nitrogens is 2. The van der Waals surface area contributed by atoms with Crippen LogP contribution in [0.3, 0.4) is 0 Å². The van der Waals surface area contributed by atoms with Crippen molar-refractivity contribution in [2.45, 2.75) is 0 Å². The summed E-state index contributed by atoms with van der Waals surface area (Å²) in [7, 11) is 0. The summed E-state index contributed by atoms with van der Waals surface area (Å²) in [6.07, 6.45) is 1.26. The lowest BCUT2D eigenvalue weighted by molar-refractivity contribution is 0.0690. The third-order valence-corrected chi connectivity index (χ3v) is 2.28. The average molecular weight is 253 g/mol. The lowest BCUT2D eigenvalue weighted by Crippen LogP contribution is -2.02. The fourth-order valence-electron chi connectivity index (χ4n) is 1.28. The number of benzene rings is 1. The highest BCUT2D eigenvalue weighted by molar-refractivity contribution is 6.30. The first-order valence-electron chi connectivity index (χ1n) is 4.59. The van der Waals surface area contributed by atoms with Gasteiger partial charge in [0, 0.05) is 11.2 Å². The first-order valence-corrected chi connectivity index (χ1v) is 4.97. The van der Waals surface area contributed by atoms with Crippen LogP contribution < -0.4 is 0 Å². The molecular weight excluding hydrogens is 247 g/mol. The Hall–Kier alpha value is -2.01. The summed E-state index contributed by atoms with van der Waals surface area (Å²) in [5, 5.41) is 9.02. The van der Waals surface area contributed by atoms with Crippen LogP contribution in [0.15, 0.2) is 30.5 Å². The fourth-order valence-corrected chi connectivity index (χ4v) is 1.44. The highest BCUT2D eigenvalue weighted by Gasteiger charge is 2.11. The van der Waals surface area contributed by atoms with Gasteiger partial charge in [-0.05, 0) is 24.3 Å². The second kappa shape index (κ2) is 4.47. The van der Waals surface area contributed by atoms with E-state index in [2.05, 4.69) is 9.97 Å². The second-order valence-corrected chi connectivity index (χ2v) is 3.63. The maximum Gasteiger partial charge on any atom is 0.354 e. The van der Waals surface area contributed by atoms with Crippen molar-refractivity contribution in [1.29, 1.82) is 0 Å². The van der Waals surface area contributed by atoms with E-state index in [1.165, 1.54) is 24.4 Å². The molecule has 86 valence electrons. The third kappa shape index (κ3) is 2.39. The summed E-state index contributed by atoms with van der Waals surface area (Å²) in [6.45, 7) is 0. The summed E-state index contributed by atoms with van der Waals surface area (Å²) >= 11 is 5.61. The van der Waals surface area contributed by atoms with E-state index in [1.807, 2.05) is 0 Å². The van der Waals surface area contributed by atoms with E-state index < -0.39 is 11.8 Å². The van der Waals surface area contributed by atoms with Crippen LogP contribution >= 0.6 is 11.6 Å². The summed E-state index contributed by atoms with van der Waals surface area (Å²) in [5.74, 6) is -1.78. The van der Waals surface area contributed by atoms with Gasteiger partial charge in [0.25, 0.3) is 0 Å². The molecule has 0 aliphatic carbocycles. The van der Waals surface area contributed by atoms with Gasteiger partial charge in [0.1, 0.15) is 5.82 Å². The van der Waals surface area contributed by atoms with Crippen LogP contribution in [0.2, 0.25) is 5.02 Å². The van der Waals surface area contributed by atoms with Crippen molar-refractivity contribution in [2.24, 2.45) is 0 Å². The van der Waals surface area contributed by atoms with Gasteiger partial charge in [-0.15, -0.1) is 0 Å². The Bertz CT molecular complexity index is 589. The Morgan fingerprint density at radius 2 is 2.12 bits per heavy atom. The summed E-state index contributed by atoms with van der Waals surface area (Å²) in [5.41, 5.74) is -0.0816. The van der Waals surface area contributed by atoms with E-state index in [0.29, 0.717) is 0 Å². The molecule has 4 nitrogen and oxygen atoms in total. The van der Waals surface area contributed by atoms with Gasteiger partial charge in [0.05, 0.1) is 5.56 Å². The molecule has 0 radical (unpaired) electrons. The number of hydrogen-bond acceptors (Lipinski definition) is 3. The number of hydrogen-bond donors (Lipinski definition) is 1. The molecule has 0 atom stereocenters. The Kier molecular flexibility index (Phi) is 3.01. The lowest BCUT2D eigenvalue weighted by atomic mass is 10.2. The van der Waals surface area contributed by atoms with Gasteiger partial charge in [-0.1, -0.05) is 11.6 Å². The van der Waals surface area contributed by atoms with Crippen LogP contribution in [-0.4, -0.2) is 21.0 Å². The quantitative estimate of drug-likeness (QED) is 0.892. The Morgan fingerprint density at radius 3 is 2.76 bits per heavy atom. The molecule has 1 aromatic heterocycles. The number of rotatable bonds is 2. The molecule has 0 unspecified atom stereocenters. The maximum atomic E-state index is 13.6. The first-order chi connectivity index (χ1) is 8.08. The molecule has 1 heterocycles.